The number of fused-ring (bicyclic) bond motifs is 1. The van der Waals surface area contributed by atoms with Gasteiger partial charge >= 0.3 is 18.5 Å². The van der Waals surface area contributed by atoms with Crippen LogP contribution in [0.5, 0.6) is 0 Å². The van der Waals surface area contributed by atoms with Crippen LogP contribution in [0.4, 0.5) is 0 Å². The second-order valence-corrected chi connectivity index (χ2v) is 7.10. The lowest BCUT2D eigenvalue weighted by Gasteiger charge is -2.28. The first-order valence-electron chi connectivity index (χ1n) is 7.19. The van der Waals surface area contributed by atoms with E-state index in [1.807, 2.05) is 31.2 Å². The highest BCUT2D eigenvalue weighted by Gasteiger charge is 2.80. The molecule has 3 rings (SSSR count). The molecule has 0 aliphatic carbocycles. The summed E-state index contributed by atoms with van der Waals surface area (Å²) >= 11 is 0. The summed E-state index contributed by atoms with van der Waals surface area (Å²) in [4.78, 5) is 24.7. The summed E-state index contributed by atoms with van der Waals surface area (Å²) in [6.07, 6.45) is 0. The van der Waals surface area contributed by atoms with Gasteiger partial charge in [0.15, 0.2) is 10.8 Å². The minimum atomic E-state index is -2.19. The van der Waals surface area contributed by atoms with E-state index in [1.54, 1.807) is 27.7 Å². The average molecular weight is 286 g/mol. The maximum atomic E-state index is 12.3. The van der Waals surface area contributed by atoms with Crippen molar-refractivity contribution in [3.8, 4) is 0 Å². The summed E-state index contributed by atoms with van der Waals surface area (Å²) in [7, 11) is 0. The fourth-order valence-electron chi connectivity index (χ4n) is 3.81. The van der Waals surface area contributed by atoms with Gasteiger partial charge in [-0.3, -0.25) is 9.59 Å². The van der Waals surface area contributed by atoms with Gasteiger partial charge in [0.05, 0.1) is 0 Å². The van der Waals surface area contributed by atoms with Gasteiger partial charge in [0.2, 0.25) is 0 Å². The first-order chi connectivity index (χ1) is 9.62. The smallest absolute Gasteiger partial charge is 0.589 e. The van der Waals surface area contributed by atoms with Crippen molar-refractivity contribution in [3.63, 3.8) is 0 Å². The van der Waals surface area contributed by atoms with E-state index < -0.39 is 17.4 Å². The summed E-state index contributed by atoms with van der Waals surface area (Å²) in [5.41, 5.74) is 0.175. The minimum absolute atomic E-state index is 0.335. The molecular weight excluding hydrogens is 267 g/mol. The monoisotopic (exact) mass is 286 g/mol. The summed E-state index contributed by atoms with van der Waals surface area (Å²) in [6, 6.07) is 7.61. The molecule has 2 aliphatic heterocycles. The Morgan fingerprint density at radius 2 is 1.33 bits per heavy atom. The van der Waals surface area contributed by atoms with Crippen LogP contribution in [0.3, 0.4) is 0 Å². The highest BCUT2D eigenvalue weighted by Crippen LogP contribution is 2.58. The maximum absolute atomic E-state index is 12.3. The van der Waals surface area contributed by atoms with Crippen LogP contribution in [0.25, 0.3) is 0 Å². The van der Waals surface area contributed by atoms with Crippen molar-refractivity contribution in [3.05, 3.63) is 35.6 Å². The molecule has 4 nitrogen and oxygen atoms in total. The molecule has 1 aromatic carbocycles. The lowest BCUT2D eigenvalue weighted by atomic mass is 9.36. The standard InChI is InChI=1S/C16H19BO4/c1-10-6-8-11(9-7-10)17-12(15(2,3)13(18)20-17)16(4,5)14(19)21-17/h6-9H,1-5H3. The van der Waals surface area contributed by atoms with Crippen molar-refractivity contribution in [1.29, 1.82) is 0 Å². The van der Waals surface area contributed by atoms with Crippen LogP contribution >= 0.6 is 0 Å². The highest BCUT2D eigenvalue weighted by molar-refractivity contribution is 6.91. The third-order valence-corrected chi connectivity index (χ3v) is 4.81. The van der Waals surface area contributed by atoms with Gasteiger partial charge in [-0.05, 0) is 34.6 Å². The van der Waals surface area contributed by atoms with E-state index in [9.17, 15) is 9.59 Å². The van der Waals surface area contributed by atoms with Crippen molar-refractivity contribution < 1.29 is 18.9 Å². The van der Waals surface area contributed by atoms with Crippen LogP contribution < -0.4 is 5.46 Å². The van der Waals surface area contributed by atoms with Gasteiger partial charge in [0.1, 0.15) is 0 Å². The summed E-state index contributed by atoms with van der Waals surface area (Å²) < 4.78 is 11.3. The van der Waals surface area contributed by atoms with Gasteiger partial charge in [0, 0.05) is 5.82 Å². The van der Waals surface area contributed by atoms with Crippen LogP contribution in [-0.2, 0) is 18.9 Å². The molecule has 2 heterocycles. The van der Waals surface area contributed by atoms with Crippen molar-refractivity contribution in [1.82, 2.24) is 0 Å². The Morgan fingerprint density at radius 1 is 0.905 bits per heavy atom. The molecule has 21 heavy (non-hydrogen) atoms. The molecule has 110 valence electrons. The number of rotatable bonds is 1. The van der Waals surface area contributed by atoms with E-state index in [0.717, 1.165) is 16.8 Å². The molecule has 0 aromatic heterocycles. The first kappa shape index (κ1) is 14.0. The number of benzene rings is 1. The minimum Gasteiger partial charge on any atom is -0.609 e. The second-order valence-electron chi connectivity index (χ2n) is 7.10. The van der Waals surface area contributed by atoms with Crippen molar-refractivity contribution in [2.75, 3.05) is 0 Å². The van der Waals surface area contributed by atoms with E-state index in [4.69, 9.17) is 9.31 Å². The van der Waals surface area contributed by atoms with Crippen LogP contribution in [0, 0.1) is 23.6 Å². The predicted octanol–water partition coefficient (Wildman–Crippen LogP) is 1.92. The zero-order valence-corrected chi connectivity index (χ0v) is 13.0. The number of carbonyl (C=O) groups excluding carboxylic acids is 2. The molecule has 0 unspecified atom stereocenters. The van der Waals surface area contributed by atoms with Gasteiger partial charge in [0.25, 0.3) is 0 Å². The van der Waals surface area contributed by atoms with Crippen molar-refractivity contribution in [2.45, 2.75) is 34.6 Å². The van der Waals surface area contributed by atoms with Crippen LogP contribution in [0.15, 0.2) is 24.3 Å². The lowest BCUT2D eigenvalue weighted by Crippen LogP contribution is -2.54. The summed E-state index contributed by atoms with van der Waals surface area (Å²) in [5, 5.41) is 0. The normalized spacial score (nSPS) is 24.5. The molecule has 5 heteroatoms. The fraction of sp³-hybridized carbons (Fsp3) is 0.438. The quantitative estimate of drug-likeness (QED) is 0.584. The van der Waals surface area contributed by atoms with Gasteiger partial charge in [-0.15, -0.1) is 0 Å². The van der Waals surface area contributed by atoms with Crippen molar-refractivity contribution >= 4 is 24.0 Å². The maximum Gasteiger partial charge on any atom is 0.589 e. The number of aryl methyl sites for hydroxylation is 1. The topological polar surface area (TPSA) is 52.6 Å². The Hall–Kier alpha value is -1.91. The molecule has 2 aliphatic rings. The third-order valence-electron chi connectivity index (χ3n) is 4.81. The van der Waals surface area contributed by atoms with E-state index in [0.29, 0.717) is 0 Å². The number of carbonyl (C=O) groups is 2. The van der Waals surface area contributed by atoms with E-state index in [-0.39, 0.29) is 11.9 Å². The van der Waals surface area contributed by atoms with Gasteiger partial charge < -0.3 is 9.31 Å². The number of hydrogen-bond acceptors (Lipinski definition) is 4. The van der Waals surface area contributed by atoms with Gasteiger partial charge in [-0.2, -0.15) is 0 Å². The largest absolute Gasteiger partial charge is 0.609 e. The molecule has 2 fully saturated rings. The van der Waals surface area contributed by atoms with Crippen LogP contribution in [0.2, 0.25) is 0 Å². The zero-order valence-electron chi connectivity index (χ0n) is 13.0. The fourth-order valence-corrected chi connectivity index (χ4v) is 3.81. The van der Waals surface area contributed by atoms with Crippen molar-refractivity contribution in [2.24, 2.45) is 10.8 Å². The van der Waals surface area contributed by atoms with Crippen LogP contribution in [0.1, 0.15) is 33.3 Å². The lowest BCUT2D eigenvalue weighted by molar-refractivity contribution is -0.148. The summed E-state index contributed by atoms with van der Waals surface area (Å²) in [5.74, 6) is 0.0751. The molecule has 0 atom stereocenters. The molecule has 0 amide bonds. The SMILES string of the molecule is Cc1ccc([B-]23OC(=O)C(C)(C)[C+]2C(C)(C)C(=O)O3)cc1. The molecule has 2 saturated heterocycles. The first-order valence-corrected chi connectivity index (χ1v) is 7.19. The Labute approximate surface area is 124 Å². The second kappa shape index (κ2) is 3.84. The number of hydrogen-bond donors (Lipinski definition) is 0. The van der Waals surface area contributed by atoms with Gasteiger partial charge in [-0.1, -0.05) is 35.3 Å². The molecule has 1 aromatic rings. The Morgan fingerprint density at radius 3 is 1.76 bits per heavy atom. The molecule has 0 spiro atoms. The van der Waals surface area contributed by atoms with Gasteiger partial charge in [-0.25, -0.2) is 0 Å². The Kier molecular flexibility index (Phi) is 2.57. The third kappa shape index (κ3) is 1.60. The molecule has 0 N–H and O–H groups in total. The van der Waals surface area contributed by atoms with E-state index in [2.05, 4.69) is 0 Å². The Bertz CT molecular complexity index is 600. The van der Waals surface area contributed by atoms with E-state index >= 15 is 0 Å². The summed E-state index contributed by atoms with van der Waals surface area (Å²) in [6.45, 7) is 6.98. The zero-order chi connectivity index (χ0) is 15.6. The molecule has 0 radical (unpaired) electrons. The highest BCUT2D eigenvalue weighted by atomic mass is 16.7. The molecular formula is C16H19BO4. The van der Waals surface area contributed by atoms with Crippen LogP contribution in [-0.4, -0.2) is 18.5 Å². The Balaban J connectivity index is 2.22. The average Bonchev–Trinajstić information content (AvgIpc) is 2.70. The predicted molar refractivity (Wildman–Crippen MR) is 79.6 cm³/mol. The molecule has 0 bridgehead atoms. The molecule has 0 saturated carbocycles. The van der Waals surface area contributed by atoms with E-state index in [1.165, 1.54) is 0 Å².